The summed E-state index contributed by atoms with van der Waals surface area (Å²) in [4.78, 5) is 4.96. The number of rotatable bonds is 2. The van der Waals surface area contributed by atoms with E-state index in [2.05, 4.69) is 4.98 Å². The number of thioether (sulfide) groups is 1. The number of halogens is 1. The second-order valence-corrected chi connectivity index (χ2v) is 4.59. The molecule has 0 amide bonds. The van der Waals surface area contributed by atoms with Gasteiger partial charge in [-0.25, -0.2) is 4.98 Å². The van der Waals surface area contributed by atoms with Crippen molar-refractivity contribution in [3.05, 3.63) is 17.4 Å². The molecule has 0 atom stereocenters. The molecule has 1 aromatic rings. The number of aromatic nitrogens is 1. The van der Waals surface area contributed by atoms with Gasteiger partial charge in [-0.2, -0.15) is 0 Å². The zero-order chi connectivity index (χ0) is 8.55. The van der Waals surface area contributed by atoms with Crippen LogP contribution in [0.5, 0.6) is 0 Å². The Labute approximate surface area is 80.5 Å². The van der Waals surface area contributed by atoms with Gasteiger partial charge in [-0.1, -0.05) is 11.6 Å². The van der Waals surface area contributed by atoms with Crippen molar-refractivity contribution in [2.75, 3.05) is 5.73 Å². The van der Waals surface area contributed by atoms with Crippen molar-refractivity contribution in [1.29, 1.82) is 0 Å². The van der Waals surface area contributed by atoms with Crippen molar-refractivity contribution in [2.24, 2.45) is 0 Å². The van der Waals surface area contributed by atoms with E-state index in [1.165, 1.54) is 12.8 Å². The fourth-order valence-electron chi connectivity index (χ4n) is 0.891. The first-order valence-electron chi connectivity index (χ1n) is 3.83. The zero-order valence-electron chi connectivity index (χ0n) is 6.46. The number of pyridine rings is 1. The highest BCUT2D eigenvalue weighted by molar-refractivity contribution is 8.00. The molecule has 0 radical (unpaired) electrons. The molecule has 2 N–H and O–H groups in total. The summed E-state index contributed by atoms with van der Waals surface area (Å²) in [6, 6.07) is 1.83. The molecule has 2 nitrogen and oxygen atoms in total. The van der Waals surface area contributed by atoms with Crippen LogP contribution in [0.4, 0.5) is 5.69 Å². The van der Waals surface area contributed by atoms with E-state index in [0.29, 0.717) is 5.15 Å². The number of nitrogens with zero attached hydrogens (tertiary/aromatic N) is 1. The van der Waals surface area contributed by atoms with E-state index in [0.717, 1.165) is 15.8 Å². The van der Waals surface area contributed by atoms with Gasteiger partial charge < -0.3 is 5.73 Å². The molecular weight excluding hydrogens is 192 g/mol. The van der Waals surface area contributed by atoms with Gasteiger partial charge in [-0.05, 0) is 18.9 Å². The quantitative estimate of drug-likeness (QED) is 0.746. The van der Waals surface area contributed by atoms with Gasteiger partial charge >= 0.3 is 0 Å². The summed E-state index contributed by atoms with van der Waals surface area (Å²) in [5, 5.41) is 1.28. The van der Waals surface area contributed by atoms with Gasteiger partial charge in [-0.3, -0.25) is 0 Å². The summed E-state index contributed by atoms with van der Waals surface area (Å²) in [5.74, 6) is 0. The molecule has 1 heterocycles. The maximum atomic E-state index is 5.74. The highest BCUT2D eigenvalue weighted by Gasteiger charge is 2.23. The Bertz CT molecular complexity index is 299. The lowest BCUT2D eigenvalue weighted by Crippen LogP contribution is -1.90. The van der Waals surface area contributed by atoms with Gasteiger partial charge in [0.15, 0.2) is 0 Å². The van der Waals surface area contributed by atoms with Crippen LogP contribution in [0, 0.1) is 0 Å². The smallest absolute Gasteiger partial charge is 0.130 e. The molecule has 1 aliphatic rings. The fourth-order valence-corrected chi connectivity index (χ4v) is 2.21. The van der Waals surface area contributed by atoms with Crippen molar-refractivity contribution in [2.45, 2.75) is 23.0 Å². The van der Waals surface area contributed by atoms with Crippen molar-refractivity contribution in [3.63, 3.8) is 0 Å². The first-order chi connectivity index (χ1) is 5.75. The second-order valence-electron chi connectivity index (χ2n) is 2.86. The molecule has 2 rings (SSSR count). The Morgan fingerprint density at radius 1 is 1.58 bits per heavy atom. The summed E-state index contributed by atoms with van der Waals surface area (Å²) in [6.45, 7) is 0. The normalized spacial score (nSPS) is 16.4. The predicted molar refractivity (Wildman–Crippen MR) is 52.5 cm³/mol. The summed E-state index contributed by atoms with van der Waals surface area (Å²) in [7, 11) is 0. The Morgan fingerprint density at radius 3 is 3.00 bits per heavy atom. The van der Waals surface area contributed by atoms with Crippen LogP contribution >= 0.6 is 23.4 Å². The van der Waals surface area contributed by atoms with Crippen molar-refractivity contribution >= 4 is 29.1 Å². The Hall–Kier alpha value is -0.410. The van der Waals surface area contributed by atoms with Crippen LogP contribution in [-0.4, -0.2) is 10.2 Å². The highest BCUT2D eigenvalue weighted by Crippen LogP contribution is 2.41. The minimum absolute atomic E-state index is 0.521. The van der Waals surface area contributed by atoms with E-state index in [9.17, 15) is 0 Å². The number of nitrogens with two attached hydrogens (primary N) is 1. The third-order valence-corrected chi connectivity index (χ3v) is 3.30. The van der Waals surface area contributed by atoms with E-state index < -0.39 is 0 Å². The van der Waals surface area contributed by atoms with Crippen molar-refractivity contribution in [1.82, 2.24) is 4.98 Å². The minimum Gasteiger partial charge on any atom is -0.397 e. The summed E-state index contributed by atoms with van der Waals surface area (Å²) in [6.07, 6.45) is 4.21. The van der Waals surface area contributed by atoms with Gasteiger partial charge in [0.05, 0.1) is 11.9 Å². The molecule has 0 aromatic carbocycles. The van der Waals surface area contributed by atoms with E-state index in [4.69, 9.17) is 17.3 Å². The molecular formula is C8H9ClN2S. The van der Waals surface area contributed by atoms with Crippen LogP contribution in [0.2, 0.25) is 5.15 Å². The topological polar surface area (TPSA) is 38.9 Å². The molecule has 1 fully saturated rings. The van der Waals surface area contributed by atoms with Crippen LogP contribution in [-0.2, 0) is 0 Å². The molecule has 12 heavy (non-hydrogen) atoms. The van der Waals surface area contributed by atoms with Crippen LogP contribution in [0.25, 0.3) is 0 Å². The molecule has 1 aliphatic carbocycles. The maximum absolute atomic E-state index is 5.74. The molecule has 0 saturated heterocycles. The Morgan fingerprint density at radius 2 is 2.33 bits per heavy atom. The van der Waals surface area contributed by atoms with Crippen molar-refractivity contribution < 1.29 is 0 Å². The fraction of sp³-hybridized carbons (Fsp3) is 0.375. The first-order valence-corrected chi connectivity index (χ1v) is 5.09. The minimum atomic E-state index is 0.521. The van der Waals surface area contributed by atoms with Gasteiger partial charge in [-0.15, -0.1) is 11.8 Å². The van der Waals surface area contributed by atoms with E-state index in [-0.39, 0.29) is 0 Å². The largest absolute Gasteiger partial charge is 0.397 e. The van der Waals surface area contributed by atoms with E-state index in [1.54, 1.807) is 18.0 Å². The van der Waals surface area contributed by atoms with Gasteiger partial charge in [0.2, 0.25) is 0 Å². The SMILES string of the molecule is Nc1cnc(Cl)cc1SC1CC1. The number of anilines is 1. The molecule has 4 heteroatoms. The van der Waals surface area contributed by atoms with E-state index >= 15 is 0 Å². The average Bonchev–Trinajstić information content (AvgIpc) is 2.81. The average molecular weight is 201 g/mol. The summed E-state index contributed by atoms with van der Waals surface area (Å²) in [5.41, 5.74) is 6.46. The lowest BCUT2D eigenvalue weighted by molar-refractivity contribution is 1.26. The second kappa shape index (κ2) is 3.15. The summed E-state index contributed by atoms with van der Waals surface area (Å²) < 4.78 is 0. The number of hydrogen-bond acceptors (Lipinski definition) is 3. The Balaban J connectivity index is 2.21. The van der Waals surface area contributed by atoms with Crippen LogP contribution in [0.3, 0.4) is 0 Å². The molecule has 1 saturated carbocycles. The molecule has 0 spiro atoms. The molecule has 0 unspecified atom stereocenters. The predicted octanol–water partition coefficient (Wildman–Crippen LogP) is 2.57. The van der Waals surface area contributed by atoms with Gasteiger partial charge in [0.1, 0.15) is 5.15 Å². The molecule has 0 bridgehead atoms. The third kappa shape index (κ3) is 1.84. The number of hydrogen-bond donors (Lipinski definition) is 1. The molecule has 0 aliphatic heterocycles. The third-order valence-electron chi connectivity index (χ3n) is 1.68. The number of nitrogen functional groups attached to an aromatic ring is 1. The van der Waals surface area contributed by atoms with Gasteiger partial charge in [0, 0.05) is 10.1 Å². The molecule has 64 valence electrons. The lowest BCUT2D eigenvalue weighted by atomic mass is 10.4. The lowest BCUT2D eigenvalue weighted by Gasteiger charge is -2.02. The molecule has 1 aromatic heterocycles. The maximum Gasteiger partial charge on any atom is 0.130 e. The zero-order valence-corrected chi connectivity index (χ0v) is 8.03. The van der Waals surface area contributed by atoms with E-state index in [1.807, 2.05) is 6.07 Å². The summed E-state index contributed by atoms with van der Waals surface area (Å²) >= 11 is 7.54. The van der Waals surface area contributed by atoms with Gasteiger partial charge in [0.25, 0.3) is 0 Å². The van der Waals surface area contributed by atoms with Crippen LogP contribution < -0.4 is 5.73 Å². The van der Waals surface area contributed by atoms with Crippen LogP contribution in [0.1, 0.15) is 12.8 Å². The Kier molecular flexibility index (Phi) is 2.15. The van der Waals surface area contributed by atoms with Crippen LogP contribution in [0.15, 0.2) is 17.2 Å². The monoisotopic (exact) mass is 200 g/mol. The van der Waals surface area contributed by atoms with Crippen molar-refractivity contribution in [3.8, 4) is 0 Å². The standard InChI is InChI=1S/C8H9ClN2S/c9-8-3-7(6(10)4-11-8)12-5-1-2-5/h3-5H,1-2,10H2. The first kappa shape index (κ1) is 8.20. The highest BCUT2D eigenvalue weighted by atomic mass is 35.5.